The first-order valence-corrected chi connectivity index (χ1v) is 8.58. The van der Waals surface area contributed by atoms with Crippen molar-refractivity contribution >= 4 is 5.97 Å². The topological polar surface area (TPSA) is 69.6 Å². The first-order chi connectivity index (χ1) is 10.3. The van der Waals surface area contributed by atoms with Crippen LogP contribution in [0.15, 0.2) is 0 Å². The number of ether oxygens (including phenoxy) is 1. The molecule has 22 heavy (non-hydrogen) atoms. The van der Waals surface area contributed by atoms with Crippen molar-refractivity contribution in [3.8, 4) is 0 Å². The average molecular weight is 317 g/mol. The van der Waals surface area contributed by atoms with Crippen LogP contribution >= 0.6 is 0 Å². The van der Waals surface area contributed by atoms with Crippen LogP contribution in [0.25, 0.3) is 0 Å². The normalized spacial score (nSPS) is 13.3. The van der Waals surface area contributed by atoms with Gasteiger partial charge in [-0.25, -0.2) is 0 Å². The molecular weight excluding hydrogens is 282 g/mol. The van der Waals surface area contributed by atoms with Gasteiger partial charge in [-0.3, -0.25) is 0 Å². The van der Waals surface area contributed by atoms with Crippen molar-refractivity contribution < 1.29 is 24.2 Å². The Morgan fingerprint density at radius 3 is 1.95 bits per heavy atom. The summed E-state index contributed by atoms with van der Waals surface area (Å²) in [6, 6.07) is 0. The third-order valence-electron chi connectivity index (χ3n) is 3.55. The van der Waals surface area contributed by atoms with Gasteiger partial charge in [-0.05, 0) is 12.8 Å². The summed E-state index contributed by atoms with van der Waals surface area (Å²) in [4.78, 5) is 10.8. The predicted octanol–water partition coefficient (Wildman–Crippen LogP) is 1.33. The standard InChI is InChI=1S/C17H35NO4/c1-18(2,3)15-16(14-17(20)21)22-13-11-9-7-5-4-6-8-10-12-19/h16,19H,4-15H2,1-3H3. The molecule has 5 heteroatoms. The van der Waals surface area contributed by atoms with Crippen molar-refractivity contribution in [3.63, 3.8) is 0 Å². The van der Waals surface area contributed by atoms with Crippen molar-refractivity contribution in [3.05, 3.63) is 0 Å². The molecule has 0 saturated heterocycles. The number of hydrogen-bond acceptors (Lipinski definition) is 4. The molecule has 0 aliphatic heterocycles. The van der Waals surface area contributed by atoms with E-state index in [4.69, 9.17) is 9.84 Å². The molecule has 0 aromatic rings. The van der Waals surface area contributed by atoms with Gasteiger partial charge in [-0.1, -0.05) is 38.5 Å². The predicted molar refractivity (Wildman–Crippen MR) is 86.3 cm³/mol. The molecule has 0 aliphatic rings. The van der Waals surface area contributed by atoms with Crippen LogP contribution in [0.3, 0.4) is 0 Å². The highest BCUT2D eigenvalue weighted by Crippen LogP contribution is 2.10. The van der Waals surface area contributed by atoms with Crippen molar-refractivity contribution in [1.29, 1.82) is 0 Å². The summed E-state index contributed by atoms with van der Waals surface area (Å²) in [6.07, 6.45) is 8.72. The molecule has 0 heterocycles. The zero-order chi connectivity index (χ0) is 16.8. The molecule has 1 atom stereocenters. The van der Waals surface area contributed by atoms with Crippen LogP contribution in [0, 0.1) is 0 Å². The summed E-state index contributed by atoms with van der Waals surface area (Å²) in [7, 11) is 6.09. The number of hydrogen-bond donors (Lipinski definition) is 1. The van der Waals surface area contributed by atoms with E-state index in [1.807, 2.05) is 21.1 Å². The lowest BCUT2D eigenvalue weighted by molar-refractivity contribution is -0.873. The smallest absolute Gasteiger partial charge is 0.112 e. The van der Waals surface area contributed by atoms with Crippen LogP contribution in [0.4, 0.5) is 0 Å². The summed E-state index contributed by atoms with van der Waals surface area (Å²) < 4.78 is 6.41. The lowest BCUT2D eigenvalue weighted by Gasteiger charge is -2.29. The van der Waals surface area contributed by atoms with Gasteiger partial charge in [0.05, 0.1) is 21.1 Å². The maximum Gasteiger partial charge on any atom is 0.112 e. The number of carbonyl (C=O) groups excluding carboxylic acids is 1. The number of aliphatic carboxylic acids is 1. The molecule has 5 nitrogen and oxygen atoms in total. The number of unbranched alkanes of at least 4 members (excludes halogenated alkanes) is 7. The van der Waals surface area contributed by atoms with Gasteiger partial charge >= 0.3 is 0 Å². The van der Waals surface area contributed by atoms with Crippen LogP contribution in [-0.4, -0.2) is 62.6 Å². The Morgan fingerprint density at radius 2 is 1.50 bits per heavy atom. The minimum atomic E-state index is -1.04. The van der Waals surface area contributed by atoms with E-state index in [2.05, 4.69) is 0 Å². The molecule has 0 aliphatic carbocycles. The fourth-order valence-corrected chi connectivity index (χ4v) is 2.50. The summed E-state index contributed by atoms with van der Waals surface area (Å²) in [5, 5.41) is 19.4. The maximum atomic E-state index is 10.8. The van der Waals surface area contributed by atoms with E-state index in [-0.39, 0.29) is 12.5 Å². The number of quaternary nitrogens is 1. The zero-order valence-corrected chi connectivity index (χ0v) is 14.7. The van der Waals surface area contributed by atoms with Crippen molar-refractivity contribution in [2.75, 3.05) is 40.9 Å². The van der Waals surface area contributed by atoms with Crippen molar-refractivity contribution in [2.24, 2.45) is 0 Å². The summed E-state index contributed by atoms with van der Waals surface area (Å²) in [6.45, 7) is 1.61. The molecule has 0 rings (SSSR count). The second-order valence-corrected chi connectivity index (χ2v) is 7.09. The molecule has 0 saturated carbocycles. The fourth-order valence-electron chi connectivity index (χ4n) is 2.50. The Kier molecular flexibility index (Phi) is 12.5. The molecule has 1 unspecified atom stereocenters. The average Bonchev–Trinajstić information content (AvgIpc) is 2.38. The van der Waals surface area contributed by atoms with E-state index in [1.165, 1.54) is 25.7 Å². The minimum absolute atomic E-state index is 0.0274. The molecule has 0 radical (unpaired) electrons. The van der Waals surface area contributed by atoms with Crippen LogP contribution < -0.4 is 5.11 Å². The Morgan fingerprint density at radius 1 is 1.00 bits per heavy atom. The number of aliphatic hydroxyl groups is 1. The number of nitrogens with zero attached hydrogens (tertiary/aromatic N) is 1. The van der Waals surface area contributed by atoms with Crippen LogP contribution in [-0.2, 0) is 9.53 Å². The van der Waals surface area contributed by atoms with Crippen LogP contribution in [0.2, 0.25) is 0 Å². The largest absolute Gasteiger partial charge is 0.550 e. The Hall–Kier alpha value is -0.650. The number of carboxylic acid groups (broad SMARTS) is 1. The number of carbonyl (C=O) groups is 1. The zero-order valence-electron chi connectivity index (χ0n) is 14.7. The Balaban J connectivity index is 3.61. The molecule has 0 aromatic carbocycles. The quantitative estimate of drug-likeness (QED) is 0.365. The van der Waals surface area contributed by atoms with Gasteiger partial charge in [-0.2, -0.15) is 0 Å². The van der Waals surface area contributed by atoms with Gasteiger partial charge in [0.25, 0.3) is 0 Å². The Bertz CT molecular complexity index is 276. The number of rotatable bonds is 15. The molecule has 0 spiro atoms. The molecule has 1 N–H and O–H groups in total. The first-order valence-electron chi connectivity index (χ1n) is 8.58. The lowest BCUT2D eigenvalue weighted by Crippen LogP contribution is -2.44. The van der Waals surface area contributed by atoms with Crippen LogP contribution in [0.1, 0.15) is 57.8 Å². The summed E-state index contributed by atoms with van der Waals surface area (Å²) in [5.74, 6) is -1.04. The molecule has 0 amide bonds. The molecule has 0 bridgehead atoms. The molecule has 0 aromatic heterocycles. The van der Waals surface area contributed by atoms with Gasteiger partial charge in [0, 0.05) is 25.6 Å². The van der Waals surface area contributed by atoms with E-state index in [9.17, 15) is 9.90 Å². The van der Waals surface area contributed by atoms with E-state index >= 15 is 0 Å². The van der Waals surface area contributed by atoms with E-state index in [0.29, 0.717) is 24.2 Å². The monoisotopic (exact) mass is 317 g/mol. The third-order valence-corrected chi connectivity index (χ3v) is 3.55. The lowest BCUT2D eigenvalue weighted by atomic mass is 10.1. The van der Waals surface area contributed by atoms with Crippen molar-refractivity contribution in [1.82, 2.24) is 0 Å². The van der Waals surface area contributed by atoms with E-state index in [0.717, 1.165) is 25.7 Å². The van der Waals surface area contributed by atoms with Gasteiger partial charge in [0.2, 0.25) is 0 Å². The number of carboxylic acids is 1. The number of aliphatic hydroxyl groups excluding tert-OH is 1. The van der Waals surface area contributed by atoms with Gasteiger partial charge in [0.1, 0.15) is 12.6 Å². The molecule has 132 valence electrons. The SMILES string of the molecule is C[N+](C)(C)CC(CC(=O)[O-])OCCCCCCCCCCO. The van der Waals surface area contributed by atoms with E-state index < -0.39 is 5.97 Å². The first kappa shape index (κ1) is 21.4. The second kappa shape index (κ2) is 12.9. The highest BCUT2D eigenvalue weighted by atomic mass is 16.5. The van der Waals surface area contributed by atoms with Gasteiger partial charge in [0.15, 0.2) is 0 Å². The molecular formula is C17H35NO4. The van der Waals surface area contributed by atoms with Crippen LogP contribution in [0.5, 0.6) is 0 Å². The summed E-state index contributed by atoms with van der Waals surface area (Å²) in [5.41, 5.74) is 0. The second-order valence-electron chi connectivity index (χ2n) is 7.09. The third kappa shape index (κ3) is 15.7. The highest BCUT2D eigenvalue weighted by Gasteiger charge is 2.18. The maximum absolute atomic E-state index is 10.8. The highest BCUT2D eigenvalue weighted by molar-refractivity contribution is 5.64. The van der Waals surface area contributed by atoms with Gasteiger partial charge < -0.3 is 24.2 Å². The minimum Gasteiger partial charge on any atom is -0.550 e. The summed E-state index contributed by atoms with van der Waals surface area (Å²) >= 11 is 0. The number of likely N-dealkylation sites (N-methyl/N-ethyl adjacent to an activating group) is 1. The molecule has 0 fully saturated rings. The Labute approximate surface area is 135 Å². The van der Waals surface area contributed by atoms with Crippen molar-refractivity contribution in [2.45, 2.75) is 63.9 Å². The van der Waals surface area contributed by atoms with Gasteiger partial charge in [-0.15, -0.1) is 0 Å². The van der Waals surface area contributed by atoms with E-state index in [1.54, 1.807) is 0 Å². The fraction of sp³-hybridized carbons (Fsp3) is 0.941.